The number of rotatable bonds is 14. The summed E-state index contributed by atoms with van der Waals surface area (Å²) in [6.07, 6.45) is 19.2. The van der Waals surface area contributed by atoms with Gasteiger partial charge in [-0.3, -0.25) is 0 Å². The van der Waals surface area contributed by atoms with Crippen LogP contribution in [0.2, 0.25) is 0 Å². The SMILES string of the molecule is CCCCCCCCCCCCN1C=CN(Cc2ccccc2)C1C(C)C. The van der Waals surface area contributed by atoms with Gasteiger partial charge in [0.15, 0.2) is 0 Å². The Morgan fingerprint density at radius 2 is 1.30 bits per heavy atom. The van der Waals surface area contributed by atoms with Crippen LogP contribution in [0.25, 0.3) is 0 Å². The van der Waals surface area contributed by atoms with E-state index < -0.39 is 0 Å². The highest BCUT2D eigenvalue weighted by Gasteiger charge is 2.28. The minimum Gasteiger partial charge on any atom is -0.356 e. The predicted octanol–water partition coefficient (Wildman–Crippen LogP) is 7.18. The molecular formula is C25H42N2. The van der Waals surface area contributed by atoms with Gasteiger partial charge in [-0.15, -0.1) is 0 Å². The molecule has 0 radical (unpaired) electrons. The van der Waals surface area contributed by atoms with E-state index in [1.807, 2.05) is 0 Å². The Morgan fingerprint density at radius 3 is 1.89 bits per heavy atom. The fourth-order valence-electron chi connectivity index (χ4n) is 4.23. The van der Waals surface area contributed by atoms with Crippen molar-refractivity contribution >= 4 is 0 Å². The summed E-state index contributed by atoms with van der Waals surface area (Å²) in [5.41, 5.74) is 1.40. The molecule has 0 bridgehead atoms. The summed E-state index contributed by atoms with van der Waals surface area (Å²) >= 11 is 0. The second-order valence-electron chi connectivity index (χ2n) is 8.53. The summed E-state index contributed by atoms with van der Waals surface area (Å²) < 4.78 is 0. The molecule has 1 aromatic rings. The van der Waals surface area contributed by atoms with Crippen molar-refractivity contribution in [1.82, 2.24) is 9.80 Å². The number of hydrogen-bond acceptors (Lipinski definition) is 2. The Labute approximate surface area is 168 Å². The monoisotopic (exact) mass is 370 g/mol. The van der Waals surface area contributed by atoms with E-state index in [-0.39, 0.29) is 0 Å². The van der Waals surface area contributed by atoms with Gasteiger partial charge in [-0.2, -0.15) is 0 Å². The summed E-state index contributed by atoms with van der Waals surface area (Å²) in [6, 6.07) is 10.8. The first-order valence-corrected chi connectivity index (χ1v) is 11.5. The zero-order valence-corrected chi connectivity index (χ0v) is 18.1. The molecule has 0 saturated carbocycles. The Morgan fingerprint density at radius 1 is 0.741 bits per heavy atom. The number of nitrogens with zero attached hydrogens (tertiary/aromatic N) is 2. The Kier molecular flexibility index (Phi) is 10.4. The molecule has 1 aromatic carbocycles. The quantitative estimate of drug-likeness (QED) is 0.320. The summed E-state index contributed by atoms with van der Waals surface area (Å²) in [7, 11) is 0. The van der Waals surface area contributed by atoms with E-state index in [0.29, 0.717) is 12.1 Å². The predicted molar refractivity (Wildman–Crippen MR) is 118 cm³/mol. The molecule has 0 spiro atoms. The van der Waals surface area contributed by atoms with E-state index in [9.17, 15) is 0 Å². The lowest BCUT2D eigenvalue weighted by Crippen LogP contribution is -2.42. The minimum absolute atomic E-state index is 0.503. The van der Waals surface area contributed by atoms with Crippen molar-refractivity contribution in [2.24, 2.45) is 5.92 Å². The van der Waals surface area contributed by atoms with Crippen LogP contribution < -0.4 is 0 Å². The highest BCUT2D eigenvalue weighted by molar-refractivity contribution is 5.16. The molecule has 0 aromatic heterocycles. The topological polar surface area (TPSA) is 6.48 Å². The van der Waals surface area contributed by atoms with Gasteiger partial charge in [0.05, 0.1) is 0 Å². The van der Waals surface area contributed by atoms with Gasteiger partial charge in [0, 0.05) is 25.5 Å². The van der Waals surface area contributed by atoms with Crippen molar-refractivity contribution in [3.05, 3.63) is 48.3 Å². The van der Waals surface area contributed by atoms with Crippen LogP contribution in [0.15, 0.2) is 42.7 Å². The molecule has 0 N–H and O–H groups in total. The number of hydrogen-bond donors (Lipinski definition) is 0. The van der Waals surface area contributed by atoms with Crippen molar-refractivity contribution in [3.63, 3.8) is 0 Å². The van der Waals surface area contributed by atoms with Crippen LogP contribution >= 0.6 is 0 Å². The largest absolute Gasteiger partial charge is 0.356 e. The maximum Gasteiger partial charge on any atom is 0.103 e. The second-order valence-corrected chi connectivity index (χ2v) is 8.53. The maximum atomic E-state index is 2.57. The Balaban J connectivity index is 1.62. The standard InChI is InChI=1S/C25H42N2/c1-4-5-6-7-8-9-10-11-12-16-19-26-20-21-27(25(26)23(2)3)22-24-17-14-13-15-18-24/h13-15,17-18,20-21,23,25H,4-12,16,19,22H2,1-3H3. The van der Waals surface area contributed by atoms with Crippen LogP contribution in [0.3, 0.4) is 0 Å². The van der Waals surface area contributed by atoms with Crippen molar-refractivity contribution in [2.75, 3.05) is 6.54 Å². The molecule has 1 aliphatic rings. The normalized spacial score (nSPS) is 16.7. The van der Waals surface area contributed by atoms with Crippen LogP contribution in [-0.2, 0) is 6.54 Å². The van der Waals surface area contributed by atoms with Crippen molar-refractivity contribution in [3.8, 4) is 0 Å². The van der Waals surface area contributed by atoms with Gasteiger partial charge in [0.2, 0.25) is 0 Å². The first-order chi connectivity index (χ1) is 13.2. The van der Waals surface area contributed by atoms with Gasteiger partial charge in [0.25, 0.3) is 0 Å². The smallest absolute Gasteiger partial charge is 0.103 e. The first kappa shape index (κ1) is 21.9. The van der Waals surface area contributed by atoms with E-state index in [0.717, 1.165) is 6.54 Å². The van der Waals surface area contributed by atoms with Crippen LogP contribution in [0, 0.1) is 5.92 Å². The van der Waals surface area contributed by atoms with E-state index in [4.69, 9.17) is 0 Å². The zero-order chi connectivity index (χ0) is 19.3. The van der Waals surface area contributed by atoms with E-state index >= 15 is 0 Å². The van der Waals surface area contributed by atoms with E-state index in [1.165, 1.54) is 76.3 Å². The van der Waals surface area contributed by atoms with Gasteiger partial charge >= 0.3 is 0 Å². The lowest BCUT2D eigenvalue weighted by Gasteiger charge is -2.36. The van der Waals surface area contributed by atoms with Crippen LogP contribution in [0.1, 0.15) is 90.5 Å². The summed E-state index contributed by atoms with van der Waals surface area (Å²) in [5.74, 6) is 0.631. The number of unbranched alkanes of at least 4 members (excludes halogenated alkanes) is 9. The van der Waals surface area contributed by atoms with E-state index in [2.05, 4.69) is 73.3 Å². The van der Waals surface area contributed by atoms with Gasteiger partial charge in [-0.05, 0) is 17.9 Å². The number of benzene rings is 1. The summed E-state index contributed by atoms with van der Waals surface area (Å²) in [4.78, 5) is 5.08. The highest BCUT2D eigenvalue weighted by Crippen LogP contribution is 2.25. The van der Waals surface area contributed by atoms with Crippen LogP contribution in [0.4, 0.5) is 0 Å². The summed E-state index contributed by atoms with van der Waals surface area (Å²) in [6.45, 7) is 9.19. The van der Waals surface area contributed by atoms with Crippen molar-refractivity contribution in [1.29, 1.82) is 0 Å². The zero-order valence-electron chi connectivity index (χ0n) is 18.1. The molecule has 0 saturated heterocycles. The molecule has 0 fully saturated rings. The lowest BCUT2D eigenvalue weighted by atomic mass is 10.1. The fourth-order valence-corrected chi connectivity index (χ4v) is 4.23. The molecule has 0 amide bonds. The molecule has 1 aliphatic heterocycles. The molecular weight excluding hydrogens is 328 g/mol. The molecule has 0 aliphatic carbocycles. The third kappa shape index (κ3) is 7.99. The molecule has 1 unspecified atom stereocenters. The van der Waals surface area contributed by atoms with Gasteiger partial charge in [-0.25, -0.2) is 0 Å². The molecule has 2 heteroatoms. The minimum atomic E-state index is 0.503. The molecule has 1 heterocycles. The van der Waals surface area contributed by atoms with Crippen molar-refractivity contribution in [2.45, 2.75) is 97.7 Å². The van der Waals surface area contributed by atoms with Gasteiger partial charge in [0.1, 0.15) is 6.17 Å². The molecule has 1 atom stereocenters. The first-order valence-electron chi connectivity index (χ1n) is 11.5. The van der Waals surface area contributed by atoms with Gasteiger partial charge in [-0.1, -0.05) is 109 Å². The lowest BCUT2D eigenvalue weighted by molar-refractivity contribution is 0.100. The average Bonchev–Trinajstić information content (AvgIpc) is 3.07. The molecule has 2 nitrogen and oxygen atoms in total. The molecule has 2 rings (SSSR count). The van der Waals surface area contributed by atoms with Crippen LogP contribution in [0.5, 0.6) is 0 Å². The average molecular weight is 371 g/mol. The maximum absolute atomic E-state index is 2.57. The van der Waals surface area contributed by atoms with Gasteiger partial charge < -0.3 is 9.80 Å². The second kappa shape index (κ2) is 12.9. The van der Waals surface area contributed by atoms with Crippen molar-refractivity contribution < 1.29 is 0 Å². The highest BCUT2D eigenvalue weighted by atomic mass is 15.4. The third-order valence-corrected chi connectivity index (χ3v) is 5.70. The van der Waals surface area contributed by atoms with Crippen LogP contribution in [-0.4, -0.2) is 22.5 Å². The fraction of sp³-hybridized carbons (Fsp3) is 0.680. The third-order valence-electron chi connectivity index (χ3n) is 5.70. The molecule has 27 heavy (non-hydrogen) atoms. The summed E-state index contributed by atoms with van der Waals surface area (Å²) in [5, 5.41) is 0. The Bertz CT molecular complexity index is 508. The molecule has 152 valence electrons. The van der Waals surface area contributed by atoms with E-state index in [1.54, 1.807) is 0 Å². The Hall–Kier alpha value is -1.44.